The second-order valence-electron chi connectivity index (χ2n) is 7.46. The number of ether oxygens (including phenoxy) is 1. The smallest absolute Gasteiger partial charge is 0.407 e. The van der Waals surface area contributed by atoms with Gasteiger partial charge in [-0.1, -0.05) is 48.5 Å². The van der Waals surface area contributed by atoms with Gasteiger partial charge in [-0.25, -0.2) is 4.79 Å². The van der Waals surface area contributed by atoms with Crippen LogP contribution in [0.3, 0.4) is 0 Å². The van der Waals surface area contributed by atoms with Crippen molar-refractivity contribution in [2.24, 2.45) is 7.05 Å². The molecule has 1 heterocycles. The summed E-state index contributed by atoms with van der Waals surface area (Å²) in [4.78, 5) is 23.9. The van der Waals surface area contributed by atoms with Gasteiger partial charge in [0.05, 0.1) is 24.4 Å². The molecular formula is C23H23N3O4. The number of carbonyl (C=O) groups excluding carboxylic acids is 1. The Hall–Kier alpha value is -3.61. The van der Waals surface area contributed by atoms with Crippen LogP contribution in [0, 0.1) is 6.92 Å². The Labute approximate surface area is 174 Å². The SMILES string of the molecule is Cc1cnn(C)c1C(CC(=O)O)NC(=O)OCC1c2ccccc2-c2ccccc21. The molecule has 1 amide bonds. The first-order valence-electron chi connectivity index (χ1n) is 9.77. The number of benzene rings is 2. The summed E-state index contributed by atoms with van der Waals surface area (Å²) in [5.41, 5.74) is 5.99. The van der Waals surface area contributed by atoms with Crippen molar-refractivity contribution in [3.63, 3.8) is 0 Å². The topological polar surface area (TPSA) is 93.5 Å². The van der Waals surface area contributed by atoms with Crippen molar-refractivity contribution in [3.05, 3.63) is 77.1 Å². The molecule has 30 heavy (non-hydrogen) atoms. The monoisotopic (exact) mass is 405 g/mol. The lowest BCUT2D eigenvalue weighted by Gasteiger charge is -2.20. The molecular weight excluding hydrogens is 382 g/mol. The maximum atomic E-state index is 12.6. The van der Waals surface area contributed by atoms with Gasteiger partial charge in [-0.05, 0) is 34.7 Å². The number of aromatic nitrogens is 2. The van der Waals surface area contributed by atoms with E-state index in [9.17, 15) is 14.7 Å². The highest BCUT2D eigenvalue weighted by Gasteiger charge is 2.30. The van der Waals surface area contributed by atoms with Crippen molar-refractivity contribution in [3.8, 4) is 11.1 Å². The second kappa shape index (κ2) is 8.02. The molecule has 4 rings (SSSR count). The predicted octanol–water partition coefficient (Wildman–Crippen LogP) is 3.78. The highest BCUT2D eigenvalue weighted by Crippen LogP contribution is 2.44. The Bertz CT molecular complexity index is 1040. The van der Waals surface area contributed by atoms with Crippen LogP contribution in [0.5, 0.6) is 0 Å². The largest absolute Gasteiger partial charge is 0.481 e. The van der Waals surface area contributed by atoms with E-state index in [-0.39, 0.29) is 18.9 Å². The van der Waals surface area contributed by atoms with Crippen molar-refractivity contribution < 1.29 is 19.4 Å². The summed E-state index contributed by atoms with van der Waals surface area (Å²) in [6, 6.07) is 15.5. The number of hydrogen-bond acceptors (Lipinski definition) is 4. The molecule has 1 aromatic heterocycles. The van der Waals surface area contributed by atoms with Gasteiger partial charge in [-0.2, -0.15) is 5.10 Å². The lowest BCUT2D eigenvalue weighted by atomic mass is 9.98. The molecule has 0 fully saturated rings. The average Bonchev–Trinajstić information content (AvgIpc) is 3.22. The molecule has 1 aliphatic rings. The van der Waals surface area contributed by atoms with Crippen molar-refractivity contribution in [1.29, 1.82) is 0 Å². The third-order valence-corrected chi connectivity index (χ3v) is 5.52. The number of alkyl carbamates (subject to hydrolysis) is 1. The molecule has 0 spiro atoms. The van der Waals surface area contributed by atoms with Crippen molar-refractivity contribution in [1.82, 2.24) is 15.1 Å². The van der Waals surface area contributed by atoms with E-state index in [2.05, 4.69) is 22.5 Å². The summed E-state index contributed by atoms with van der Waals surface area (Å²) >= 11 is 0. The Kier molecular flexibility index (Phi) is 5.27. The van der Waals surface area contributed by atoms with E-state index in [4.69, 9.17) is 4.74 Å². The fourth-order valence-electron chi connectivity index (χ4n) is 4.23. The summed E-state index contributed by atoms with van der Waals surface area (Å²) in [6.07, 6.45) is 0.734. The van der Waals surface area contributed by atoms with Gasteiger partial charge in [0.15, 0.2) is 0 Å². The Morgan fingerprint density at radius 3 is 2.27 bits per heavy atom. The number of carbonyl (C=O) groups is 2. The summed E-state index contributed by atoms with van der Waals surface area (Å²) in [5.74, 6) is -1.07. The minimum atomic E-state index is -1.01. The van der Waals surface area contributed by atoms with Gasteiger partial charge in [-0.3, -0.25) is 9.48 Å². The van der Waals surface area contributed by atoms with Crippen molar-refractivity contribution in [2.45, 2.75) is 25.3 Å². The molecule has 7 nitrogen and oxygen atoms in total. The Morgan fingerprint density at radius 2 is 1.73 bits per heavy atom. The Balaban J connectivity index is 1.50. The van der Waals surface area contributed by atoms with Gasteiger partial charge < -0.3 is 15.2 Å². The number of aryl methyl sites for hydroxylation is 2. The lowest BCUT2D eigenvalue weighted by molar-refractivity contribution is -0.137. The van der Waals surface area contributed by atoms with E-state index < -0.39 is 18.1 Å². The molecule has 154 valence electrons. The maximum absolute atomic E-state index is 12.6. The number of aliphatic carboxylic acids is 1. The number of fused-ring (bicyclic) bond motifs is 3. The Morgan fingerprint density at radius 1 is 1.13 bits per heavy atom. The number of carboxylic acid groups (broad SMARTS) is 1. The van der Waals surface area contributed by atoms with Crippen LogP contribution in [0.2, 0.25) is 0 Å². The zero-order chi connectivity index (χ0) is 21.3. The molecule has 0 saturated carbocycles. The minimum absolute atomic E-state index is 0.0560. The van der Waals surface area contributed by atoms with E-state index in [0.717, 1.165) is 27.8 Å². The summed E-state index contributed by atoms with van der Waals surface area (Å²) in [5, 5.41) is 16.1. The van der Waals surface area contributed by atoms with E-state index in [1.165, 1.54) is 0 Å². The maximum Gasteiger partial charge on any atom is 0.407 e. The van der Waals surface area contributed by atoms with Gasteiger partial charge in [0.2, 0.25) is 0 Å². The molecule has 0 radical (unpaired) electrons. The molecule has 1 aliphatic carbocycles. The molecule has 1 unspecified atom stereocenters. The van der Waals surface area contributed by atoms with Crippen LogP contribution < -0.4 is 5.32 Å². The van der Waals surface area contributed by atoms with E-state index in [1.54, 1.807) is 17.9 Å². The highest BCUT2D eigenvalue weighted by atomic mass is 16.5. The average molecular weight is 405 g/mol. The van der Waals surface area contributed by atoms with Crippen LogP contribution in [0.25, 0.3) is 11.1 Å². The number of nitrogens with zero attached hydrogens (tertiary/aromatic N) is 2. The minimum Gasteiger partial charge on any atom is -0.481 e. The van der Waals surface area contributed by atoms with Crippen LogP contribution in [0.4, 0.5) is 4.79 Å². The normalized spacial score (nSPS) is 13.4. The zero-order valence-electron chi connectivity index (χ0n) is 16.8. The van der Waals surface area contributed by atoms with Gasteiger partial charge in [-0.15, -0.1) is 0 Å². The summed E-state index contributed by atoms with van der Waals surface area (Å²) in [7, 11) is 1.72. The number of rotatable bonds is 6. The molecule has 0 bridgehead atoms. The standard InChI is InChI=1S/C23H23N3O4/c1-14-12-24-26(2)22(14)20(11-21(27)28)25-23(29)30-13-19-17-9-5-3-7-15(17)16-8-4-6-10-18(16)19/h3-10,12,19-20H,11,13H2,1-2H3,(H,25,29)(H,27,28). The first kappa shape index (κ1) is 19.7. The number of carboxylic acids is 1. The molecule has 3 aromatic rings. The predicted molar refractivity (Wildman–Crippen MR) is 111 cm³/mol. The van der Waals surface area contributed by atoms with Crippen molar-refractivity contribution >= 4 is 12.1 Å². The summed E-state index contributed by atoms with van der Waals surface area (Å²) < 4.78 is 7.13. The van der Waals surface area contributed by atoms with Gasteiger partial charge in [0.1, 0.15) is 6.61 Å². The molecule has 1 atom stereocenters. The molecule has 2 aromatic carbocycles. The fourth-order valence-corrected chi connectivity index (χ4v) is 4.23. The van der Waals surface area contributed by atoms with Crippen LogP contribution >= 0.6 is 0 Å². The molecule has 0 saturated heterocycles. The quantitative estimate of drug-likeness (QED) is 0.651. The first-order valence-corrected chi connectivity index (χ1v) is 9.77. The number of nitrogens with one attached hydrogen (secondary N) is 1. The molecule has 2 N–H and O–H groups in total. The third kappa shape index (κ3) is 3.66. The van der Waals surface area contributed by atoms with Crippen LogP contribution in [0.1, 0.15) is 40.8 Å². The van der Waals surface area contributed by atoms with Gasteiger partial charge >= 0.3 is 12.1 Å². The van der Waals surface area contributed by atoms with E-state index >= 15 is 0 Å². The summed E-state index contributed by atoms with van der Waals surface area (Å²) in [6.45, 7) is 2.00. The van der Waals surface area contributed by atoms with E-state index in [1.807, 2.05) is 43.3 Å². The number of hydrogen-bond donors (Lipinski definition) is 2. The van der Waals surface area contributed by atoms with Crippen molar-refractivity contribution in [2.75, 3.05) is 6.61 Å². The molecule has 7 heteroatoms. The second-order valence-corrected chi connectivity index (χ2v) is 7.46. The third-order valence-electron chi connectivity index (χ3n) is 5.52. The van der Waals surface area contributed by atoms with Crippen LogP contribution in [0.15, 0.2) is 54.7 Å². The van der Waals surface area contributed by atoms with Gasteiger partial charge in [0, 0.05) is 13.0 Å². The fraction of sp³-hybridized carbons (Fsp3) is 0.261. The lowest BCUT2D eigenvalue weighted by Crippen LogP contribution is -2.33. The van der Waals surface area contributed by atoms with E-state index in [0.29, 0.717) is 5.69 Å². The highest BCUT2D eigenvalue weighted by molar-refractivity contribution is 5.79. The van der Waals surface area contributed by atoms with Crippen LogP contribution in [-0.4, -0.2) is 33.6 Å². The van der Waals surface area contributed by atoms with Gasteiger partial charge in [0.25, 0.3) is 0 Å². The first-order chi connectivity index (χ1) is 14.5. The molecule has 0 aliphatic heterocycles. The zero-order valence-corrected chi connectivity index (χ0v) is 16.8. The number of amides is 1. The van der Waals surface area contributed by atoms with Crippen LogP contribution in [-0.2, 0) is 16.6 Å².